The van der Waals surface area contributed by atoms with E-state index < -0.39 is 5.92 Å². The van der Waals surface area contributed by atoms with Crippen molar-refractivity contribution in [2.75, 3.05) is 64.8 Å². The summed E-state index contributed by atoms with van der Waals surface area (Å²) in [6.45, 7) is 9.29. The lowest BCUT2D eigenvalue weighted by atomic mass is 9.91. The molecule has 270 valence electrons. The van der Waals surface area contributed by atoms with Gasteiger partial charge in [-0.3, -0.25) is 19.3 Å². The summed E-state index contributed by atoms with van der Waals surface area (Å²) >= 11 is 6.32. The van der Waals surface area contributed by atoms with E-state index >= 15 is 0 Å². The van der Waals surface area contributed by atoms with E-state index in [9.17, 15) is 19.2 Å². The Bertz CT molecular complexity index is 1560. The number of nitrogens with one attached hydrogen (secondary N) is 1. The van der Waals surface area contributed by atoms with Crippen LogP contribution in [0, 0.1) is 12.8 Å². The summed E-state index contributed by atoms with van der Waals surface area (Å²) in [5, 5.41) is 3.68. The summed E-state index contributed by atoms with van der Waals surface area (Å²) in [6.07, 6.45) is 3.52. The number of piperazine rings is 1. The van der Waals surface area contributed by atoms with Gasteiger partial charge in [0.05, 0.1) is 12.5 Å². The van der Waals surface area contributed by atoms with E-state index in [-0.39, 0.29) is 48.4 Å². The molecule has 12 heteroatoms. The van der Waals surface area contributed by atoms with Crippen LogP contribution < -0.4 is 5.32 Å². The Labute approximate surface area is 300 Å². The quantitative estimate of drug-likeness (QED) is 0.386. The number of urea groups is 1. The number of likely N-dealkylation sites (N-methyl/N-ethyl adjacent to an activating group) is 1. The summed E-state index contributed by atoms with van der Waals surface area (Å²) < 4.78 is 5.42. The standard InChI is InChI=1S/C38H51ClN6O5/c1-4-50-37(48)34-25-41(3)19-20-44(34)30-13-17-43(18-14-30)36(47)29(22-27-9-10-32(39)26(2)21-27)23-35(46)42-15-11-31(12-16-42)45-24-28-7-5-6-8-33(28)40-38(45)49/h5-10,21,29-31,34H,4,11-20,22-25H2,1-3H3,(H,40,49). The van der Waals surface area contributed by atoms with Crippen LogP contribution in [0.15, 0.2) is 42.5 Å². The number of carbonyl (C=O) groups excluding carboxylic acids is 4. The number of hydrogen-bond acceptors (Lipinski definition) is 7. The van der Waals surface area contributed by atoms with Gasteiger partial charge in [0, 0.05) is 81.6 Å². The minimum absolute atomic E-state index is 0.00302. The van der Waals surface area contributed by atoms with Crippen molar-refractivity contribution in [1.29, 1.82) is 0 Å². The van der Waals surface area contributed by atoms with Gasteiger partial charge in [-0.2, -0.15) is 0 Å². The third-order valence-corrected chi connectivity index (χ3v) is 11.4. The van der Waals surface area contributed by atoms with Crippen molar-refractivity contribution >= 4 is 41.1 Å². The van der Waals surface area contributed by atoms with Crippen molar-refractivity contribution in [3.63, 3.8) is 0 Å². The Hall–Kier alpha value is -3.67. The largest absolute Gasteiger partial charge is 0.465 e. The molecule has 2 aromatic rings. The summed E-state index contributed by atoms with van der Waals surface area (Å²) in [4.78, 5) is 64.0. The molecule has 3 fully saturated rings. The van der Waals surface area contributed by atoms with E-state index in [0.29, 0.717) is 70.2 Å². The number of amides is 4. The molecule has 4 amide bonds. The molecule has 4 aliphatic heterocycles. The first-order valence-electron chi connectivity index (χ1n) is 18.2. The van der Waals surface area contributed by atoms with Crippen molar-refractivity contribution in [3.8, 4) is 0 Å². The normalized spacial score (nSPS) is 21.8. The zero-order chi connectivity index (χ0) is 35.4. The molecule has 0 aromatic heterocycles. The minimum atomic E-state index is -0.502. The molecule has 3 saturated heterocycles. The van der Waals surface area contributed by atoms with Crippen LogP contribution in [0.3, 0.4) is 0 Å². The lowest BCUT2D eigenvalue weighted by Gasteiger charge is -2.46. The number of piperidine rings is 2. The minimum Gasteiger partial charge on any atom is -0.465 e. The molecule has 1 N–H and O–H groups in total. The topological polar surface area (TPSA) is 106 Å². The summed E-state index contributed by atoms with van der Waals surface area (Å²) in [6, 6.07) is 13.5. The average molecular weight is 707 g/mol. The first-order chi connectivity index (χ1) is 24.1. The second kappa shape index (κ2) is 16.1. The van der Waals surface area contributed by atoms with Gasteiger partial charge in [-0.05, 0) is 81.8 Å². The van der Waals surface area contributed by atoms with Crippen molar-refractivity contribution in [2.24, 2.45) is 5.92 Å². The molecule has 6 rings (SSSR count). The molecule has 2 aromatic carbocycles. The Morgan fingerprint density at radius 2 is 1.64 bits per heavy atom. The highest BCUT2D eigenvalue weighted by atomic mass is 35.5. The first-order valence-corrected chi connectivity index (χ1v) is 18.6. The third kappa shape index (κ3) is 8.27. The number of rotatable bonds is 9. The number of likely N-dealkylation sites (tertiary alicyclic amines) is 2. The number of para-hydroxylation sites is 1. The molecule has 0 radical (unpaired) electrons. The highest BCUT2D eigenvalue weighted by molar-refractivity contribution is 6.31. The first kappa shape index (κ1) is 36.1. The molecule has 0 spiro atoms. The fourth-order valence-corrected chi connectivity index (χ4v) is 8.26. The van der Waals surface area contributed by atoms with Crippen LogP contribution in [0.2, 0.25) is 5.02 Å². The molecule has 0 aliphatic carbocycles. The number of hydrogen-bond donors (Lipinski definition) is 1. The van der Waals surface area contributed by atoms with Crippen LogP contribution >= 0.6 is 11.6 Å². The Morgan fingerprint density at radius 1 is 0.940 bits per heavy atom. The molecule has 2 unspecified atom stereocenters. The monoisotopic (exact) mass is 706 g/mol. The van der Waals surface area contributed by atoms with Gasteiger partial charge in [0.2, 0.25) is 11.8 Å². The summed E-state index contributed by atoms with van der Waals surface area (Å²) in [5.74, 6) is -0.700. The van der Waals surface area contributed by atoms with Crippen LogP contribution in [0.25, 0.3) is 0 Å². The molecule has 2 atom stereocenters. The van der Waals surface area contributed by atoms with Crippen LogP contribution in [0.1, 0.15) is 55.7 Å². The van der Waals surface area contributed by atoms with Crippen molar-refractivity contribution in [2.45, 2.75) is 77.0 Å². The second-order valence-corrected chi connectivity index (χ2v) is 14.7. The zero-order valence-electron chi connectivity index (χ0n) is 29.6. The fraction of sp³-hybridized carbons (Fsp3) is 0.579. The van der Waals surface area contributed by atoms with Crippen LogP contribution in [-0.4, -0.2) is 126 Å². The van der Waals surface area contributed by atoms with Crippen LogP contribution in [0.4, 0.5) is 10.5 Å². The number of benzene rings is 2. The maximum absolute atomic E-state index is 14.2. The van der Waals surface area contributed by atoms with Crippen molar-refractivity contribution in [1.82, 2.24) is 24.5 Å². The van der Waals surface area contributed by atoms with Crippen molar-refractivity contribution < 1.29 is 23.9 Å². The van der Waals surface area contributed by atoms with Crippen LogP contribution in [0.5, 0.6) is 0 Å². The van der Waals surface area contributed by atoms with Gasteiger partial charge in [-0.15, -0.1) is 0 Å². The van der Waals surface area contributed by atoms with E-state index in [0.717, 1.165) is 48.3 Å². The number of ether oxygens (including phenoxy) is 1. The van der Waals surface area contributed by atoms with E-state index in [4.69, 9.17) is 16.3 Å². The fourth-order valence-electron chi connectivity index (χ4n) is 8.14. The van der Waals surface area contributed by atoms with Crippen LogP contribution in [-0.2, 0) is 32.1 Å². The summed E-state index contributed by atoms with van der Waals surface area (Å²) in [5.41, 5.74) is 3.88. The van der Waals surface area contributed by atoms with E-state index in [1.165, 1.54) is 0 Å². The van der Waals surface area contributed by atoms with E-state index in [2.05, 4.69) is 15.1 Å². The Balaban J connectivity index is 1.09. The van der Waals surface area contributed by atoms with Gasteiger partial charge in [-0.1, -0.05) is 41.9 Å². The predicted molar refractivity (Wildman–Crippen MR) is 193 cm³/mol. The maximum Gasteiger partial charge on any atom is 0.324 e. The highest BCUT2D eigenvalue weighted by Crippen LogP contribution is 2.30. The lowest BCUT2D eigenvalue weighted by Crippen LogP contribution is -2.61. The molecule has 11 nitrogen and oxygen atoms in total. The van der Waals surface area contributed by atoms with Gasteiger partial charge < -0.3 is 29.7 Å². The number of fused-ring (bicyclic) bond motifs is 1. The number of anilines is 1. The SMILES string of the molecule is CCOC(=O)C1CN(C)CCN1C1CCN(C(=O)C(CC(=O)N2CCC(N3Cc4ccccc4NC3=O)CC2)Cc2ccc(Cl)c(C)c2)CC1. The van der Waals surface area contributed by atoms with Gasteiger partial charge in [-0.25, -0.2) is 4.79 Å². The number of aryl methyl sites for hydroxylation is 1. The third-order valence-electron chi connectivity index (χ3n) is 11.0. The molecule has 0 saturated carbocycles. The Kier molecular flexibility index (Phi) is 11.7. The number of nitrogens with zero attached hydrogens (tertiary/aromatic N) is 5. The van der Waals surface area contributed by atoms with Gasteiger partial charge >= 0.3 is 12.0 Å². The van der Waals surface area contributed by atoms with Gasteiger partial charge in [0.25, 0.3) is 0 Å². The predicted octanol–water partition coefficient (Wildman–Crippen LogP) is 4.41. The molecular weight excluding hydrogens is 656 g/mol. The number of esters is 1. The second-order valence-electron chi connectivity index (χ2n) is 14.3. The van der Waals surface area contributed by atoms with E-state index in [1.54, 1.807) is 0 Å². The molecule has 50 heavy (non-hydrogen) atoms. The average Bonchev–Trinajstić information content (AvgIpc) is 3.12. The molecule has 4 aliphatic rings. The van der Waals surface area contributed by atoms with Crippen molar-refractivity contribution in [3.05, 3.63) is 64.2 Å². The smallest absolute Gasteiger partial charge is 0.324 e. The zero-order valence-corrected chi connectivity index (χ0v) is 30.4. The maximum atomic E-state index is 14.2. The summed E-state index contributed by atoms with van der Waals surface area (Å²) in [7, 11) is 2.03. The molecule has 0 bridgehead atoms. The van der Waals surface area contributed by atoms with Gasteiger partial charge in [0.1, 0.15) is 6.04 Å². The lowest BCUT2D eigenvalue weighted by molar-refractivity contribution is -0.154. The highest BCUT2D eigenvalue weighted by Gasteiger charge is 2.40. The molecule has 4 heterocycles. The Morgan fingerprint density at radius 3 is 2.36 bits per heavy atom. The number of carbonyl (C=O) groups is 4. The molecular formula is C38H51ClN6O5. The number of halogens is 1. The van der Waals surface area contributed by atoms with Gasteiger partial charge in [0.15, 0.2) is 0 Å². The van der Waals surface area contributed by atoms with E-state index in [1.807, 2.05) is 78.1 Å².